The third kappa shape index (κ3) is 2.52. The molecule has 0 atom stereocenters. The predicted octanol–water partition coefficient (Wildman–Crippen LogP) is 3.86. The highest BCUT2D eigenvalue weighted by Gasteiger charge is 2.22. The molecule has 1 aliphatic rings. The van der Waals surface area contributed by atoms with Gasteiger partial charge in [0.25, 0.3) is 0 Å². The van der Waals surface area contributed by atoms with Crippen molar-refractivity contribution in [3.8, 4) is 0 Å². The number of fused-ring (bicyclic) bond motifs is 1. The highest BCUT2D eigenvalue weighted by atomic mass is 35.5. The maximum Gasteiger partial charge on any atom is 0.228 e. The molecule has 1 heterocycles. The number of hydrogen-bond donors (Lipinski definition) is 1. The Kier molecular flexibility index (Phi) is 3.43. The number of amides is 1. The van der Waals surface area contributed by atoms with Crippen molar-refractivity contribution in [1.82, 2.24) is 0 Å². The molecule has 0 spiro atoms. The van der Waals surface area contributed by atoms with Crippen LogP contribution in [0.1, 0.15) is 21.5 Å². The lowest BCUT2D eigenvalue weighted by atomic mass is 10.00. The lowest BCUT2D eigenvalue weighted by Gasteiger charge is -2.07. The van der Waals surface area contributed by atoms with Gasteiger partial charge >= 0.3 is 0 Å². The van der Waals surface area contributed by atoms with Gasteiger partial charge < -0.3 is 5.32 Å². The molecule has 0 unspecified atom stereocenters. The molecule has 3 rings (SSSR count). The Morgan fingerprint density at radius 1 is 1.14 bits per heavy atom. The Balaban J connectivity index is 2.04. The summed E-state index contributed by atoms with van der Waals surface area (Å²) in [6.07, 6.45) is 0.205. The number of carbonyl (C=O) groups is 2. The summed E-state index contributed by atoms with van der Waals surface area (Å²) in [5.41, 5.74) is 1.81. The van der Waals surface area contributed by atoms with Crippen LogP contribution in [0.4, 0.5) is 10.1 Å². The van der Waals surface area contributed by atoms with E-state index in [1.54, 1.807) is 12.1 Å². The van der Waals surface area contributed by atoms with E-state index in [1.165, 1.54) is 12.1 Å². The number of hydrogen-bond acceptors (Lipinski definition) is 2. The third-order valence-corrected chi connectivity index (χ3v) is 3.85. The van der Waals surface area contributed by atoms with Gasteiger partial charge in [0.05, 0.1) is 16.5 Å². The third-order valence-electron chi connectivity index (χ3n) is 3.24. The lowest BCUT2D eigenvalue weighted by Crippen LogP contribution is -2.03. The summed E-state index contributed by atoms with van der Waals surface area (Å²) < 4.78 is 13.2. The minimum absolute atomic E-state index is 0.130. The van der Waals surface area contributed by atoms with Crippen molar-refractivity contribution in [1.29, 1.82) is 0 Å². The first-order chi connectivity index (χ1) is 9.95. The molecule has 0 aromatic heterocycles. The van der Waals surface area contributed by atoms with Crippen LogP contribution in [0, 0.1) is 5.82 Å². The highest BCUT2D eigenvalue weighted by molar-refractivity contribution is 6.36. The average Bonchev–Trinajstić information content (AvgIpc) is 2.79. The van der Waals surface area contributed by atoms with E-state index in [0.717, 1.165) is 6.07 Å². The molecule has 0 saturated carbocycles. The summed E-state index contributed by atoms with van der Waals surface area (Å²) >= 11 is 11.8. The Bertz CT molecular complexity index is 789. The van der Waals surface area contributed by atoms with Gasteiger partial charge in [0.2, 0.25) is 5.91 Å². The first-order valence-corrected chi connectivity index (χ1v) is 6.83. The largest absolute Gasteiger partial charge is 0.325 e. The number of anilines is 1. The summed E-state index contributed by atoms with van der Waals surface area (Å²) in [5.74, 6) is -1.11. The quantitative estimate of drug-likeness (QED) is 0.853. The maximum absolute atomic E-state index is 13.2. The molecule has 1 amide bonds. The van der Waals surface area contributed by atoms with Crippen molar-refractivity contribution in [3.05, 3.63) is 62.9 Å². The number of ketones is 1. The van der Waals surface area contributed by atoms with Crippen LogP contribution in [0.15, 0.2) is 30.3 Å². The van der Waals surface area contributed by atoms with Crippen LogP contribution in [0.3, 0.4) is 0 Å². The van der Waals surface area contributed by atoms with Gasteiger partial charge in [-0.15, -0.1) is 0 Å². The molecule has 6 heteroatoms. The van der Waals surface area contributed by atoms with Crippen molar-refractivity contribution < 1.29 is 14.0 Å². The lowest BCUT2D eigenvalue weighted by molar-refractivity contribution is -0.115. The summed E-state index contributed by atoms with van der Waals surface area (Å²) in [6, 6.07) is 6.85. The Hall–Kier alpha value is -1.91. The molecule has 0 radical (unpaired) electrons. The van der Waals surface area contributed by atoms with E-state index in [4.69, 9.17) is 23.2 Å². The van der Waals surface area contributed by atoms with Crippen LogP contribution in [0.5, 0.6) is 0 Å². The van der Waals surface area contributed by atoms with Crippen molar-refractivity contribution >= 4 is 40.6 Å². The van der Waals surface area contributed by atoms with Crippen LogP contribution in [0.25, 0.3) is 0 Å². The van der Waals surface area contributed by atoms with E-state index in [9.17, 15) is 14.0 Å². The van der Waals surface area contributed by atoms with E-state index >= 15 is 0 Å². The van der Waals surface area contributed by atoms with Gasteiger partial charge in [0, 0.05) is 16.8 Å². The number of carbonyl (C=O) groups excluding carboxylic acids is 2. The van der Waals surface area contributed by atoms with E-state index in [0.29, 0.717) is 11.3 Å². The molecule has 0 bridgehead atoms. The molecule has 1 aliphatic heterocycles. The van der Waals surface area contributed by atoms with E-state index < -0.39 is 5.82 Å². The minimum Gasteiger partial charge on any atom is -0.325 e. The van der Waals surface area contributed by atoms with Gasteiger partial charge in [-0.1, -0.05) is 23.2 Å². The summed E-state index contributed by atoms with van der Waals surface area (Å²) in [5, 5.41) is 2.75. The predicted molar refractivity (Wildman–Crippen MR) is 78.6 cm³/mol. The van der Waals surface area contributed by atoms with Gasteiger partial charge in [0.1, 0.15) is 5.82 Å². The Labute approximate surface area is 129 Å². The molecule has 3 nitrogen and oxygen atoms in total. The topological polar surface area (TPSA) is 46.2 Å². The fraction of sp³-hybridized carbons (Fsp3) is 0.0667. The van der Waals surface area contributed by atoms with E-state index in [-0.39, 0.29) is 39.3 Å². The number of halogens is 3. The summed E-state index contributed by atoms with van der Waals surface area (Å²) in [7, 11) is 0. The van der Waals surface area contributed by atoms with Crippen LogP contribution >= 0.6 is 23.2 Å². The second kappa shape index (κ2) is 5.13. The van der Waals surface area contributed by atoms with Crippen LogP contribution in [-0.4, -0.2) is 11.7 Å². The highest BCUT2D eigenvalue weighted by Crippen LogP contribution is 2.31. The Morgan fingerprint density at radius 2 is 1.90 bits per heavy atom. The van der Waals surface area contributed by atoms with Crippen LogP contribution < -0.4 is 5.32 Å². The second-order valence-corrected chi connectivity index (χ2v) is 5.49. The smallest absolute Gasteiger partial charge is 0.228 e. The van der Waals surface area contributed by atoms with Crippen LogP contribution in [-0.2, 0) is 11.2 Å². The second-order valence-electron chi connectivity index (χ2n) is 4.67. The molecule has 2 aromatic rings. The van der Waals surface area contributed by atoms with Crippen molar-refractivity contribution in [3.63, 3.8) is 0 Å². The van der Waals surface area contributed by atoms with Crippen molar-refractivity contribution in [2.24, 2.45) is 0 Å². The zero-order valence-electron chi connectivity index (χ0n) is 10.5. The molecule has 2 aromatic carbocycles. The molecule has 1 N–H and O–H groups in total. The number of nitrogens with one attached hydrogen (secondary N) is 1. The van der Waals surface area contributed by atoms with Gasteiger partial charge in [-0.2, -0.15) is 0 Å². The van der Waals surface area contributed by atoms with E-state index in [2.05, 4.69) is 5.32 Å². The fourth-order valence-electron chi connectivity index (χ4n) is 2.21. The SMILES string of the molecule is O=C1Cc2cc(C(=O)c3ccc(F)c(Cl)c3)c(Cl)cc2N1. The molecule has 106 valence electrons. The molecular weight excluding hydrogens is 316 g/mol. The van der Waals surface area contributed by atoms with Gasteiger partial charge in [-0.3, -0.25) is 9.59 Å². The zero-order valence-corrected chi connectivity index (χ0v) is 12.1. The van der Waals surface area contributed by atoms with Gasteiger partial charge in [-0.05, 0) is 35.9 Å². The Morgan fingerprint density at radius 3 is 2.62 bits per heavy atom. The number of benzene rings is 2. The molecule has 21 heavy (non-hydrogen) atoms. The molecule has 0 fully saturated rings. The maximum atomic E-state index is 13.2. The van der Waals surface area contributed by atoms with Crippen molar-refractivity contribution in [2.45, 2.75) is 6.42 Å². The first kappa shape index (κ1) is 14.0. The zero-order chi connectivity index (χ0) is 15.1. The first-order valence-electron chi connectivity index (χ1n) is 6.08. The summed E-state index contributed by atoms with van der Waals surface area (Å²) in [4.78, 5) is 23.8. The normalized spacial score (nSPS) is 13.0. The monoisotopic (exact) mass is 323 g/mol. The molecular formula is C15H8Cl2FNO2. The van der Waals surface area contributed by atoms with Crippen LogP contribution in [0.2, 0.25) is 10.0 Å². The van der Waals surface area contributed by atoms with Gasteiger partial charge in [0.15, 0.2) is 5.78 Å². The molecule has 0 saturated heterocycles. The molecule has 0 aliphatic carbocycles. The summed E-state index contributed by atoms with van der Waals surface area (Å²) in [6.45, 7) is 0. The van der Waals surface area contributed by atoms with Crippen molar-refractivity contribution in [2.75, 3.05) is 5.32 Å². The van der Waals surface area contributed by atoms with E-state index in [1.807, 2.05) is 0 Å². The minimum atomic E-state index is -0.594. The average molecular weight is 324 g/mol. The number of rotatable bonds is 2. The standard InChI is InChI=1S/C15H8Cl2FNO2/c16-10-6-13-8(5-14(20)19-13)3-9(10)15(21)7-1-2-12(18)11(17)4-7/h1-4,6H,5H2,(H,19,20). The van der Waals surface area contributed by atoms with Gasteiger partial charge in [-0.25, -0.2) is 4.39 Å². The fourth-order valence-corrected chi connectivity index (χ4v) is 2.64.